The summed E-state index contributed by atoms with van der Waals surface area (Å²) in [5.41, 5.74) is 17.0. The molecule has 0 bridgehead atoms. The zero-order valence-electron chi connectivity index (χ0n) is 17.2. The first-order chi connectivity index (χ1) is 15.5. The summed E-state index contributed by atoms with van der Waals surface area (Å²) < 4.78 is 2.15. The van der Waals surface area contributed by atoms with E-state index < -0.39 is 11.8 Å². The van der Waals surface area contributed by atoms with Crippen LogP contribution in [0.4, 0.5) is 0 Å². The lowest BCUT2D eigenvalue weighted by Gasteiger charge is -2.10. The highest BCUT2D eigenvalue weighted by molar-refractivity contribution is 6.18. The Kier molecular flexibility index (Phi) is 4.71. The topological polar surface area (TPSA) is 91.1 Å². The van der Waals surface area contributed by atoms with E-state index in [2.05, 4.69) is 28.8 Å². The van der Waals surface area contributed by atoms with Crippen molar-refractivity contribution in [1.82, 2.24) is 4.57 Å². The van der Waals surface area contributed by atoms with Gasteiger partial charge in [0.25, 0.3) is 0 Å². The predicted octanol–water partition coefficient (Wildman–Crippen LogP) is 4.51. The van der Waals surface area contributed by atoms with Crippen LogP contribution in [-0.4, -0.2) is 16.4 Å². The molecule has 4 N–H and O–H groups in total. The van der Waals surface area contributed by atoms with Gasteiger partial charge in [-0.1, -0.05) is 48.5 Å². The van der Waals surface area contributed by atoms with Crippen LogP contribution in [0.3, 0.4) is 0 Å². The third-order valence-corrected chi connectivity index (χ3v) is 5.75. The van der Waals surface area contributed by atoms with Crippen molar-refractivity contribution < 1.29 is 9.59 Å². The third-order valence-electron chi connectivity index (χ3n) is 5.75. The second-order valence-electron chi connectivity index (χ2n) is 7.73. The van der Waals surface area contributed by atoms with Gasteiger partial charge in [-0.05, 0) is 59.2 Å². The SMILES string of the molecule is NC(=O)c1ccc(Cn2c3cc(-c4ccccc4)c[c]c3c3c(C(N)=O)cccc32)cc1. The summed E-state index contributed by atoms with van der Waals surface area (Å²) in [5.74, 6) is -0.928. The lowest BCUT2D eigenvalue weighted by atomic mass is 10.0. The monoisotopic (exact) mass is 418 g/mol. The van der Waals surface area contributed by atoms with Crippen LogP contribution in [0.15, 0.2) is 84.9 Å². The van der Waals surface area contributed by atoms with E-state index in [0.29, 0.717) is 17.7 Å². The Morgan fingerprint density at radius 2 is 1.53 bits per heavy atom. The number of hydrogen-bond donors (Lipinski definition) is 2. The molecule has 155 valence electrons. The molecule has 0 saturated heterocycles. The van der Waals surface area contributed by atoms with Gasteiger partial charge in [0.15, 0.2) is 0 Å². The first kappa shape index (κ1) is 19.6. The van der Waals surface area contributed by atoms with E-state index in [0.717, 1.165) is 38.5 Å². The van der Waals surface area contributed by atoms with Gasteiger partial charge in [0, 0.05) is 28.4 Å². The molecule has 0 spiro atoms. The maximum Gasteiger partial charge on any atom is 0.249 e. The van der Waals surface area contributed by atoms with Crippen LogP contribution in [-0.2, 0) is 6.54 Å². The minimum absolute atomic E-state index is 0.457. The molecule has 32 heavy (non-hydrogen) atoms. The fourth-order valence-corrected chi connectivity index (χ4v) is 4.19. The molecule has 0 aliphatic rings. The standard InChI is InChI=1S/C27H20N3O2/c28-26(31)19-11-9-17(10-12-19)16-30-23-8-4-7-22(27(29)32)25(23)21-14-13-20(15-24(21)30)18-5-2-1-3-6-18/h1-13,15H,16H2,(H2,28,31)(H2,29,32). The highest BCUT2D eigenvalue weighted by atomic mass is 16.1. The molecule has 5 nitrogen and oxygen atoms in total. The molecule has 0 fully saturated rings. The third kappa shape index (κ3) is 3.30. The number of nitrogens with two attached hydrogens (primary N) is 2. The van der Waals surface area contributed by atoms with E-state index in [1.54, 1.807) is 18.2 Å². The second-order valence-corrected chi connectivity index (χ2v) is 7.73. The summed E-state index contributed by atoms with van der Waals surface area (Å²) in [6.45, 7) is 0.549. The van der Waals surface area contributed by atoms with Gasteiger partial charge < -0.3 is 16.0 Å². The average Bonchev–Trinajstić information content (AvgIpc) is 3.13. The number of nitrogens with zero attached hydrogens (tertiary/aromatic N) is 1. The first-order valence-electron chi connectivity index (χ1n) is 10.2. The molecule has 2 amide bonds. The number of rotatable bonds is 5. The normalized spacial score (nSPS) is 11.1. The number of primary amides is 2. The Morgan fingerprint density at radius 1 is 0.781 bits per heavy atom. The fraction of sp³-hybridized carbons (Fsp3) is 0.0370. The van der Waals surface area contributed by atoms with Gasteiger partial charge in [-0.3, -0.25) is 9.59 Å². The quantitative estimate of drug-likeness (QED) is 0.440. The number of benzene rings is 4. The van der Waals surface area contributed by atoms with Gasteiger partial charge in [-0.15, -0.1) is 0 Å². The summed E-state index contributed by atoms with van der Waals surface area (Å²) in [7, 11) is 0. The van der Waals surface area contributed by atoms with E-state index in [4.69, 9.17) is 11.5 Å². The molecule has 1 radical (unpaired) electrons. The number of aromatic nitrogens is 1. The predicted molar refractivity (Wildman–Crippen MR) is 126 cm³/mol. The molecule has 4 aromatic carbocycles. The fourth-order valence-electron chi connectivity index (χ4n) is 4.19. The Labute approximate surface area is 184 Å². The van der Waals surface area contributed by atoms with Crippen molar-refractivity contribution in [3.8, 4) is 11.1 Å². The summed E-state index contributed by atoms with van der Waals surface area (Å²) in [5, 5.41) is 1.64. The van der Waals surface area contributed by atoms with Crippen LogP contribution in [0.1, 0.15) is 26.3 Å². The number of hydrogen-bond acceptors (Lipinski definition) is 2. The molecule has 0 aliphatic carbocycles. The Bertz CT molecular complexity index is 1480. The number of fused-ring (bicyclic) bond motifs is 3. The highest BCUT2D eigenvalue weighted by Crippen LogP contribution is 2.34. The minimum atomic E-state index is -0.471. The van der Waals surface area contributed by atoms with Crippen molar-refractivity contribution in [3.05, 3.63) is 108 Å². The van der Waals surface area contributed by atoms with Crippen molar-refractivity contribution in [2.75, 3.05) is 0 Å². The summed E-state index contributed by atoms with van der Waals surface area (Å²) in [6, 6.07) is 30.3. The molecular weight excluding hydrogens is 398 g/mol. The van der Waals surface area contributed by atoms with Gasteiger partial charge >= 0.3 is 0 Å². The van der Waals surface area contributed by atoms with Crippen LogP contribution in [0.2, 0.25) is 0 Å². The molecular formula is C27H20N3O2. The molecule has 0 saturated carbocycles. The minimum Gasteiger partial charge on any atom is -0.366 e. The van der Waals surface area contributed by atoms with Gasteiger partial charge in [-0.2, -0.15) is 0 Å². The van der Waals surface area contributed by atoms with Crippen molar-refractivity contribution in [1.29, 1.82) is 0 Å². The van der Waals surface area contributed by atoms with E-state index in [1.807, 2.05) is 48.5 Å². The van der Waals surface area contributed by atoms with Gasteiger partial charge in [-0.25, -0.2) is 0 Å². The molecule has 1 heterocycles. The van der Waals surface area contributed by atoms with Crippen LogP contribution in [0, 0.1) is 6.07 Å². The maximum atomic E-state index is 12.2. The molecule has 0 aliphatic heterocycles. The smallest absolute Gasteiger partial charge is 0.249 e. The molecule has 5 aromatic rings. The average molecular weight is 418 g/mol. The Hall–Kier alpha value is -4.38. The van der Waals surface area contributed by atoms with Crippen molar-refractivity contribution in [2.24, 2.45) is 11.5 Å². The summed E-state index contributed by atoms with van der Waals surface area (Å²) in [6.07, 6.45) is 0. The summed E-state index contributed by atoms with van der Waals surface area (Å²) in [4.78, 5) is 23.6. The zero-order valence-corrected chi connectivity index (χ0v) is 17.2. The van der Waals surface area contributed by atoms with E-state index in [9.17, 15) is 9.59 Å². The van der Waals surface area contributed by atoms with E-state index >= 15 is 0 Å². The van der Waals surface area contributed by atoms with Gasteiger partial charge in [0.2, 0.25) is 11.8 Å². The van der Waals surface area contributed by atoms with Crippen molar-refractivity contribution in [2.45, 2.75) is 6.54 Å². The van der Waals surface area contributed by atoms with E-state index in [-0.39, 0.29) is 0 Å². The van der Waals surface area contributed by atoms with Crippen LogP contribution < -0.4 is 11.5 Å². The van der Waals surface area contributed by atoms with Crippen molar-refractivity contribution >= 4 is 33.6 Å². The highest BCUT2D eigenvalue weighted by Gasteiger charge is 2.17. The van der Waals surface area contributed by atoms with Crippen molar-refractivity contribution in [3.63, 3.8) is 0 Å². The molecule has 0 atom stereocenters. The number of carbonyl (C=O) groups excluding carboxylic acids is 2. The molecule has 1 aromatic heterocycles. The largest absolute Gasteiger partial charge is 0.366 e. The molecule has 5 rings (SSSR count). The zero-order chi connectivity index (χ0) is 22.2. The van der Waals surface area contributed by atoms with E-state index in [1.165, 1.54) is 0 Å². The maximum absolute atomic E-state index is 12.2. The van der Waals surface area contributed by atoms with Crippen LogP contribution >= 0.6 is 0 Å². The van der Waals surface area contributed by atoms with Gasteiger partial charge in [0.05, 0.1) is 11.0 Å². The lowest BCUT2D eigenvalue weighted by Crippen LogP contribution is -2.11. The Balaban J connectivity index is 1.75. The molecule has 5 heteroatoms. The Morgan fingerprint density at radius 3 is 2.22 bits per heavy atom. The second kappa shape index (κ2) is 7.71. The molecule has 0 unspecified atom stereocenters. The van der Waals surface area contributed by atoms with Gasteiger partial charge in [0.1, 0.15) is 0 Å². The van der Waals surface area contributed by atoms with Crippen LogP contribution in [0.5, 0.6) is 0 Å². The first-order valence-corrected chi connectivity index (χ1v) is 10.2. The van der Waals surface area contributed by atoms with Crippen LogP contribution in [0.25, 0.3) is 32.9 Å². The number of carbonyl (C=O) groups is 2. The lowest BCUT2D eigenvalue weighted by molar-refractivity contribution is 0.0992. The number of amides is 2. The summed E-state index contributed by atoms with van der Waals surface area (Å²) >= 11 is 0.